The molecule has 1 aromatic rings. The van der Waals surface area contributed by atoms with E-state index in [1.165, 1.54) is 0 Å². The molecule has 0 spiro atoms. The topological polar surface area (TPSA) is 44.0 Å². The maximum absolute atomic E-state index is 9.56. The largest absolute Gasteiger partial charge is 0.507 e. The van der Waals surface area contributed by atoms with Crippen LogP contribution in [-0.2, 0) is 0 Å². The van der Waals surface area contributed by atoms with Gasteiger partial charge in [0.05, 0.1) is 12.5 Å². The van der Waals surface area contributed by atoms with Gasteiger partial charge in [0.25, 0.3) is 0 Å². The first-order valence-corrected chi connectivity index (χ1v) is 4.08. The average Bonchev–Trinajstić information content (AvgIpc) is 2.13. The smallest absolute Gasteiger partial charge is 0.125 e. The molecule has 1 N–H and O–H groups in total. The van der Waals surface area contributed by atoms with Crippen LogP contribution in [0.3, 0.4) is 0 Å². The molecule has 0 aliphatic rings. The third-order valence-electron chi connectivity index (χ3n) is 1.78. The number of hydrogen-bond acceptors (Lipinski definition) is 2. The quantitative estimate of drug-likeness (QED) is 0.747. The van der Waals surface area contributed by atoms with Crippen molar-refractivity contribution in [1.29, 1.82) is 5.26 Å². The number of rotatable bonds is 2. The van der Waals surface area contributed by atoms with Crippen LogP contribution in [0.15, 0.2) is 24.3 Å². The van der Waals surface area contributed by atoms with Crippen molar-refractivity contribution in [3.63, 3.8) is 0 Å². The minimum absolute atomic E-state index is 0.289. The molecule has 0 aliphatic heterocycles. The molecule has 2 heteroatoms. The molecule has 0 fully saturated rings. The van der Waals surface area contributed by atoms with Crippen LogP contribution in [-0.4, -0.2) is 5.11 Å². The number of benzene rings is 1. The highest BCUT2D eigenvalue weighted by molar-refractivity contribution is 5.59. The monoisotopic (exact) mass is 173 g/mol. The van der Waals surface area contributed by atoms with Gasteiger partial charge < -0.3 is 5.11 Å². The van der Waals surface area contributed by atoms with Gasteiger partial charge in [0.15, 0.2) is 0 Å². The lowest BCUT2D eigenvalue weighted by Crippen LogP contribution is -1.78. The van der Waals surface area contributed by atoms with Crippen molar-refractivity contribution in [3.8, 4) is 11.8 Å². The van der Waals surface area contributed by atoms with Crippen molar-refractivity contribution in [2.75, 3.05) is 0 Å². The van der Waals surface area contributed by atoms with Crippen molar-refractivity contribution in [2.45, 2.75) is 13.3 Å². The summed E-state index contributed by atoms with van der Waals surface area (Å²) in [6.45, 7) is 1.84. The summed E-state index contributed by atoms with van der Waals surface area (Å²) in [5, 5.41) is 17.9. The molecular weight excluding hydrogens is 162 g/mol. The van der Waals surface area contributed by atoms with Gasteiger partial charge >= 0.3 is 0 Å². The number of phenols is 1. The maximum Gasteiger partial charge on any atom is 0.125 e. The second-order valence-corrected chi connectivity index (χ2v) is 2.78. The van der Waals surface area contributed by atoms with Crippen LogP contribution in [0.4, 0.5) is 0 Å². The summed E-state index contributed by atoms with van der Waals surface area (Å²) in [7, 11) is 0. The molecule has 0 radical (unpaired) electrons. The van der Waals surface area contributed by atoms with E-state index in [2.05, 4.69) is 0 Å². The average molecular weight is 173 g/mol. The van der Waals surface area contributed by atoms with Crippen molar-refractivity contribution in [3.05, 3.63) is 35.4 Å². The lowest BCUT2D eigenvalue weighted by Gasteiger charge is -2.01. The highest BCUT2D eigenvalue weighted by atomic mass is 16.3. The van der Waals surface area contributed by atoms with E-state index in [0.717, 1.165) is 11.1 Å². The molecule has 1 rings (SSSR count). The predicted molar refractivity (Wildman–Crippen MR) is 52.1 cm³/mol. The van der Waals surface area contributed by atoms with Gasteiger partial charge in [0.1, 0.15) is 5.75 Å². The Morgan fingerprint density at radius 2 is 2.31 bits per heavy atom. The number of phenolic OH excluding ortho intramolecular Hbond substituents is 1. The highest BCUT2D eigenvalue weighted by Gasteiger charge is 1.98. The normalized spacial score (nSPS) is 10.2. The van der Waals surface area contributed by atoms with Gasteiger partial charge in [-0.05, 0) is 12.5 Å². The fraction of sp³-hybridized carbons (Fsp3) is 0.182. The standard InChI is InChI=1S/C11H11NO/c1-9-5-4-7-10(11(9)13)6-2-3-8-12/h2,4-7,13H,3H2,1H3. The first-order chi connectivity index (χ1) is 6.25. The lowest BCUT2D eigenvalue weighted by molar-refractivity contribution is 0.470. The van der Waals surface area contributed by atoms with Crippen LogP contribution in [0, 0.1) is 18.3 Å². The molecule has 0 unspecified atom stereocenters. The molecule has 1 aromatic carbocycles. The van der Waals surface area contributed by atoms with E-state index in [0.29, 0.717) is 6.42 Å². The SMILES string of the molecule is Cc1cccc(C=CCC#N)c1O. The van der Waals surface area contributed by atoms with Crippen molar-refractivity contribution in [2.24, 2.45) is 0 Å². The number of nitrogens with zero attached hydrogens (tertiary/aromatic N) is 1. The molecule has 66 valence electrons. The third kappa shape index (κ3) is 2.34. The predicted octanol–water partition coefficient (Wildman–Crippen LogP) is 2.63. The molecule has 0 bridgehead atoms. The molecule has 0 amide bonds. The van der Waals surface area contributed by atoms with E-state index in [1.54, 1.807) is 12.2 Å². The lowest BCUT2D eigenvalue weighted by atomic mass is 10.1. The Morgan fingerprint density at radius 1 is 1.54 bits per heavy atom. The molecule has 0 atom stereocenters. The van der Waals surface area contributed by atoms with Gasteiger partial charge in [-0.25, -0.2) is 0 Å². The summed E-state index contributed by atoms with van der Waals surface area (Å²) in [6.07, 6.45) is 3.85. The van der Waals surface area contributed by atoms with E-state index in [-0.39, 0.29) is 5.75 Å². The van der Waals surface area contributed by atoms with E-state index >= 15 is 0 Å². The summed E-state index contributed by atoms with van der Waals surface area (Å²) in [4.78, 5) is 0. The third-order valence-corrected chi connectivity index (χ3v) is 1.78. The fourth-order valence-electron chi connectivity index (χ4n) is 1.05. The Balaban J connectivity index is 2.90. The summed E-state index contributed by atoms with van der Waals surface area (Å²) >= 11 is 0. The van der Waals surface area contributed by atoms with E-state index in [1.807, 2.05) is 31.2 Å². The summed E-state index contributed by atoms with van der Waals surface area (Å²) in [5.74, 6) is 0.289. The van der Waals surface area contributed by atoms with Gasteiger partial charge in [0.2, 0.25) is 0 Å². The number of aromatic hydroxyl groups is 1. The molecular formula is C11H11NO. The Labute approximate surface area is 77.8 Å². The maximum atomic E-state index is 9.56. The van der Waals surface area contributed by atoms with Crippen LogP contribution >= 0.6 is 0 Å². The van der Waals surface area contributed by atoms with Crippen molar-refractivity contribution >= 4 is 6.08 Å². The second-order valence-electron chi connectivity index (χ2n) is 2.78. The fourth-order valence-corrected chi connectivity index (χ4v) is 1.05. The van der Waals surface area contributed by atoms with Crippen LogP contribution in [0.1, 0.15) is 17.5 Å². The molecule has 13 heavy (non-hydrogen) atoms. The summed E-state index contributed by atoms with van der Waals surface area (Å²) in [6, 6.07) is 7.54. The first kappa shape index (κ1) is 9.34. The molecule has 2 nitrogen and oxygen atoms in total. The Bertz CT molecular complexity index is 361. The highest BCUT2D eigenvalue weighted by Crippen LogP contribution is 2.22. The summed E-state index contributed by atoms with van der Waals surface area (Å²) < 4.78 is 0. The zero-order chi connectivity index (χ0) is 9.68. The molecule has 0 heterocycles. The first-order valence-electron chi connectivity index (χ1n) is 4.08. The molecule has 0 aliphatic carbocycles. The number of nitriles is 1. The van der Waals surface area contributed by atoms with Crippen LogP contribution in [0.25, 0.3) is 6.08 Å². The minimum Gasteiger partial charge on any atom is -0.507 e. The number of allylic oxidation sites excluding steroid dienone is 1. The zero-order valence-electron chi connectivity index (χ0n) is 7.49. The Hall–Kier alpha value is -1.75. The number of hydrogen-bond donors (Lipinski definition) is 1. The second kappa shape index (κ2) is 4.32. The Kier molecular flexibility index (Phi) is 3.10. The van der Waals surface area contributed by atoms with Gasteiger partial charge in [-0.15, -0.1) is 0 Å². The molecule has 0 aromatic heterocycles. The van der Waals surface area contributed by atoms with Crippen molar-refractivity contribution in [1.82, 2.24) is 0 Å². The molecule has 0 saturated carbocycles. The van der Waals surface area contributed by atoms with E-state index < -0.39 is 0 Å². The van der Waals surface area contributed by atoms with Gasteiger partial charge in [0, 0.05) is 5.56 Å². The van der Waals surface area contributed by atoms with Crippen LogP contribution < -0.4 is 0 Å². The Morgan fingerprint density at radius 3 is 3.00 bits per heavy atom. The number of aryl methyl sites for hydroxylation is 1. The van der Waals surface area contributed by atoms with Crippen LogP contribution in [0.5, 0.6) is 5.75 Å². The van der Waals surface area contributed by atoms with Gasteiger partial charge in [-0.1, -0.05) is 30.4 Å². The van der Waals surface area contributed by atoms with E-state index in [9.17, 15) is 5.11 Å². The zero-order valence-corrected chi connectivity index (χ0v) is 7.49. The van der Waals surface area contributed by atoms with Crippen LogP contribution in [0.2, 0.25) is 0 Å². The van der Waals surface area contributed by atoms with Gasteiger partial charge in [-0.3, -0.25) is 0 Å². The molecule has 0 saturated heterocycles. The summed E-state index contributed by atoms with van der Waals surface area (Å²) in [5.41, 5.74) is 1.61. The van der Waals surface area contributed by atoms with Crippen molar-refractivity contribution < 1.29 is 5.11 Å². The minimum atomic E-state index is 0.289. The number of para-hydroxylation sites is 1. The van der Waals surface area contributed by atoms with Gasteiger partial charge in [-0.2, -0.15) is 5.26 Å². The van der Waals surface area contributed by atoms with E-state index in [4.69, 9.17) is 5.26 Å².